The van der Waals surface area contributed by atoms with Gasteiger partial charge in [0.1, 0.15) is 22.1 Å². The molecular formula is C20H26N4O6S. The molecule has 2 aromatic rings. The molecule has 3 rings (SSSR count). The molecule has 1 fully saturated rings. The van der Waals surface area contributed by atoms with Crippen molar-refractivity contribution in [1.29, 1.82) is 0 Å². The zero-order valence-corrected chi connectivity index (χ0v) is 18.7. The first kappa shape index (κ1) is 22.6. The monoisotopic (exact) mass is 450 g/mol. The number of rotatable bonds is 6. The van der Waals surface area contributed by atoms with Crippen LogP contribution in [0.25, 0.3) is 0 Å². The van der Waals surface area contributed by atoms with Crippen LogP contribution in [0.2, 0.25) is 0 Å². The second-order valence-electron chi connectivity index (χ2n) is 7.03. The van der Waals surface area contributed by atoms with E-state index in [-0.39, 0.29) is 22.4 Å². The number of hydrogen-bond acceptors (Lipinski definition) is 6. The molecule has 1 N–H and O–H groups in total. The third kappa shape index (κ3) is 4.52. The van der Waals surface area contributed by atoms with Crippen molar-refractivity contribution in [1.82, 2.24) is 19.1 Å². The molecule has 1 aliphatic rings. The van der Waals surface area contributed by atoms with Crippen molar-refractivity contribution in [3.05, 3.63) is 41.7 Å². The van der Waals surface area contributed by atoms with Crippen LogP contribution in [0.3, 0.4) is 0 Å². The fraction of sp³-hybridized carbons (Fsp3) is 0.400. The quantitative estimate of drug-likeness (QED) is 0.688. The van der Waals surface area contributed by atoms with Gasteiger partial charge in [0, 0.05) is 45.5 Å². The summed E-state index contributed by atoms with van der Waals surface area (Å²) < 4.78 is 38.2. The maximum Gasteiger partial charge on any atom is 0.270 e. The van der Waals surface area contributed by atoms with Gasteiger partial charge in [0.05, 0.1) is 19.8 Å². The molecular weight excluding hydrogens is 424 g/mol. The van der Waals surface area contributed by atoms with Crippen LogP contribution in [0.15, 0.2) is 35.4 Å². The molecule has 2 amide bonds. The number of amides is 2. The van der Waals surface area contributed by atoms with Crippen molar-refractivity contribution in [3.63, 3.8) is 0 Å². The van der Waals surface area contributed by atoms with Crippen molar-refractivity contribution in [3.8, 4) is 11.5 Å². The Kier molecular flexibility index (Phi) is 6.56. The van der Waals surface area contributed by atoms with Gasteiger partial charge in [-0.3, -0.25) is 9.59 Å². The zero-order chi connectivity index (χ0) is 22.8. The number of carbonyl (C=O) groups excluding carboxylic acids is 2. The number of aryl methyl sites for hydroxylation is 1. The Labute approximate surface area is 181 Å². The van der Waals surface area contributed by atoms with Crippen LogP contribution in [0.5, 0.6) is 11.5 Å². The van der Waals surface area contributed by atoms with E-state index in [4.69, 9.17) is 9.47 Å². The van der Waals surface area contributed by atoms with Gasteiger partial charge in [0.25, 0.3) is 11.8 Å². The lowest BCUT2D eigenvalue weighted by atomic mass is 10.1. The Balaban J connectivity index is 1.70. The fourth-order valence-electron chi connectivity index (χ4n) is 3.43. The summed E-state index contributed by atoms with van der Waals surface area (Å²) in [5, 5.41) is 0. The molecule has 1 aromatic carbocycles. The molecule has 0 radical (unpaired) electrons. The molecule has 11 heteroatoms. The predicted molar refractivity (Wildman–Crippen MR) is 113 cm³/mol. The molecule has 0 saturated carbocycles. The Hall–Kier alpha value is -3.05. The van der Waals surface area contributed by atoms with Crippen LogP contribution in [-0.2, 0) is 17.1 Å². The molecule has 1 aliphatic heterocycles. The molecule has 168 valence electrons. The molecule has 31 heavy (non-hydrogen) atoms. The predicted octanol–water partition coefficient (Wildman–Crippen LogP) is 0.549. The van der Waals surface area contributed by atoms with Gasteiger partial charge in [-0.1, -0.05) is 0 Å². The van der Waals surface area contributed by atoms with Gasteiger partial charge < -0.3 is 23.8 Å². The van der Waals surface area contributed by atoms with Gasteiger partial charge in [-0.25, -0.2) is 13.1 Å². The lowest BCUT2D eigenvalue weighted by Gasteiger charge is -2.35. The number of nitrogens with zero attached hydrogens (tertiary/aromatic N) is 3. The first-order valence-electron chi connectivity index (χ1n) is 9.62. The Morgan fingerprint density at radius 3 is 2.13 bits per heavy atom. The number of aromatic nitrogens is 1. The zero-order valence-electron chi connectivity index (χ0n) is 17.9. The molecule has 0 aliphatic carbocycles. The summed E-state index contributed by atoms with van der Waals surface area (Å²) in [4.78, 5) is 29.2. The summed E-state index contributed by atoms with van der Waals surface area (Å²) in [5.41, 5.74) is 0.692. The highest BCUT2D eigenvalue weighted by molar-refractivity contribution is 7.89. The molecule has 0 unspecified atom stereocenters. The molecule has 1 saturated heterocycles. The van der Waals surface area contributed by atoms with E-state index in [1.807, 2.05) is 0 Å². The van der Waals surface area contributed by atoms with E-state index >= 15 is 0 Å². The lowest BCUT2D eigenvalue weighted by Crippen LogP contribution is -2.50. The van der Waals surface area contributed by atoms with E-state index in [1.54, 1.807) is 35.0 Å². The van der Waals surface area contributed by atoms with Gasteiger partial charge in [-0.2, -0.15) is 0 Å². The largest absolute Gasteiger partial charge is 0.497 e. The van der Waals surface area contributed by atoms with Crippen molar-refractivity contribution in [2.24, 2.45) is 7.05 Å². The van der Waals surface area contributed by atoms with Crippen LogP contribution >= 0.6 is 0 Å². The van der Waals surface area contributed by atoms with E-state index in [2.05, 4.69) is 4.72 Å². The third-order valence-electron chi connectivity index (χ3n) is 5.27. The van der Waals surface area contributed by atoms with Crippen LogP contribution in [0.4, 0.5) is 0 Å². The highest BCUT2D eigenvalue weighted by Crippen LogP contribution is 2.26. The number of carbonyl (C=O) groups is 2. The highest BCUT2D eigenvalue weighted by Gasteiger charge is 2.29. The van der Waals surface area contributed by atoms with Crippen LogP contribution < -0.4 is 14.2 Å². The number of hydrogen-bond donors (Lipinski definition) is 1. The van der Waals surface area contributed by atoms with E-state index in [0.717, 1.165) is 0 Å². The van der Waals surface area contributed by atoms with Gasteiger partial charge in [0.2, 0.25) is 10.0 Å². The summed E-state index contributed by atoms with van der Waals surface area (Å²) in [6.07, 6.45) is 1.40. The van der Waals surface area contributed by atoms with Crippen molar-refractivity contribution < 1.29 is 27.5 Å². The second kappa shape index (κ2) is 8.98. The molecule has 2 heterocycles. The van der Waals surface area contributed by atoms with Gasteiger partial charge >= 0.3 is 0 Å². The minimum atomic E-state index is -3.64. The van der Waals surface area contributed by atoms with Gasteiger partial charge in [-0.15, -0.1) is 0 Å². The first-order valence-corrected chi connectivity index (χ1v) is 11.1. The van der Waals surface area contributed by atoms with E-state index in [0.29, 0.717) is 43.2 Å². The summed E-state index contributed by atoms with van der Waals surface area (Å²) in [6.45, 7) is 1.38. The fourth-order valence-corrected chi connectivity index (χ4v) is 4.23. The summed E-state index contributed by atoms with van der Waals surface area (Å²) in [6, 6.07) is 6.36. The number of nitrogens with one attached hydrogen (secondary N) is 1. The maximum absolute atomic E-state index is 13.0. The average Bonchev–Trinajstić information content (AvgIpc) is 3.20. The van der Waals surface area contributed by atoms with E-state index in [1.165, 1.54) is 38.1 Å². The minimum absolute atomic E-state index is 0.0289. The second-order valence-corrected chi connectivity index (χ2v) is 8.92. The number of benzene rings is 1. The van der Waals surface area contributed by atoms with E-state index < -0.39 is 10.0 Å². The highest BCUT2D eigenvalue weighted by atomic mass is 32.2. The summed E-state index contributed by atoms with van der Waals surface area (Å²) in [7, 11) is 2.33. The summed E-state index contributed by atoms with van der Waals surface area (Å²) in [5.74, 6) is 0.540. The standard InChI is InChI=1S/C20H26N4O6S/c1-21-31(27,28)15-12-17(22(2)13-15)20(26)24-9-7-23(8-10-24)19(25)16-6-5-14(29-3)11-18(16)30-4/h5-6,11-13,21H,7-10H2,1-4H3. The SMILES string of the molecule is CNS(=O)(=O)c1cc(C(=O)N2CCN(C(=O)c3ccc(OC)cc3OC)CC2)n(C)c1. The molecule has 0 atom stereocenters. The third-order valence-corrected chi connectivity index (χ3v) is 6.65. The normalized spacial score (nSPS) is 14.5. The molecule has 10 nitrogen and oxygen atoms in total. The number of sulfonamides is 1. The smallest absolute Gasteiger partial charge is 0.270 e. The number of ether oxygens (including phenoxy) is 2. The van der Waals surface area contributed by atoms with Crippen molar-refractivity contribution in [2.45, 2.75) is 4.90 Å². The van der Waals surface area contributed by atoms with Crippen molar-refractivity contribution in [2.75, 3.05) is 47.4 Å². The van der Waals surface area contributed by atoms with Gasteiger partial charge in [-0.05, 0) is 25.2 Å². The molecule has 0 bridgehead atoms. The van der Waals surface area contributed by atoms with Crippen LogP contribution in [0, 0.1) is 0 Å². The minimum Gasteiger partial charge on any atom is -0.497 e. The Bertz CT molecular complexity index is 1090. The Morgan fingerprint density at radius 2 is 1.58 bits per heavy atom. The topological polar surface area (TPSA) is 110 Å². The average molecular weight is 451 g/mol. The number of piperazine rings is 1. The van der Waals surface area contributed by atoms with E-state index in [9.17, 15) is 18.0 Å². The van der Waals surface area contributed by atoms with Gasteiger partial charge in [0.15, 0.2) is 0 Å². The maximum atomic E-state index is 13.0. The Morgan fingerprint density at radius 1 is 0.968 bits per heavy atom. The summed E-state index contributed by atoms with van der Waals surface area (Å²) >= 11 is 0. The van der Waals surface area contributed by atoms with Crippen LogP contribution in [-0.4, -0.2) is 82.0 Å². The lowest BCUT2D eigenvalue weighted by molar-refractivity contribution is 0.0528. The van der Waals surface area contributed by atoms with Crippen LogP contribution in [0.1, 0.15) is 20.8 Å². The molecule has 0 spiro atoms. The van der Waals surface area contributed by atoms with Crippen molar-refractivity contribution >= 4 is 21.8 Å². The first-order chi connectivity index (χ1) is 14.7. The number of methoxy groups -OCH3 is 2. The molecule has 1 aromatic heterocycles.